The molecule has 1 aromatic carbocycles. The van der Waals surface area contributed by atoms with E-state index < -0.39 is 0 Å². The number of ether oxygens (including phenoxy) is 1. The summed E-state index contributed by atoms with van der Waals surface area (Å²) in [6, 6.07) is 10.3. The van der Waals surface area contributed by atoms with Crippen LogP contribution >= 0.6 is 0 Å². The smallest absolute Gasteiger partial charge is 0.340 e. The van der Waals surface area contributed by atoms with Gasteiger partial charge in [-0.3, -0.25) is 0 Å². The highest BCUT2D eigenvalue weighted by Gasteiger charge is 2.24. The van der Waals surface area contributed by atoms with Gasteiger partial charge in [-0.25, -0.2) is 4.79 Å². The van der Waals surface area contributed by atoms with Gasteiger partial charge in [0, 0.05) is 17.1 Å². The molecule has 3 heteroatoms. The fourth-order valence-electron chi connectivity index (χ4n) is 3.06. The Kier molecular flexibility index (Phi) is 6.03. The van der Waals surface area contributed by atoms with Crippen molar-refractivity contribution in [3.63, 3.8) is 0 Å². The Labute approximate surface area is 139 Å². The van der Waals surface area contributed by atoms with E-state index in [2.05, 4.69) is 30.5 Å². The van der Waals surface area contributed by atoms with E-state index in [0.29, 0.717) is 6.61 Å². The number of aromatic nitrogens is 1. The summed E-state index contributed by atoms with van der Waals surface area (Å²) in [5.41, 5.74) is 5.09. The first kappa shape index (κ1) is 17.3. The molecule has 0 unspecified atom stereocenters. The Balaban J connectivity index is 2.55. The van der Waals surface area contributed by atoms with Crippen molar-refractivity contribution in [2.45, 2.75) is 53.4 Å². The van der Waals surface area contributed by atoms with Crippen LogP contribution in [0, 0.1) is 13.8 Å². The number of hydrogen-bond acceptors (Lipinski definition) is 2. The number of para-hydroxylation sites is 1. The van der Waals surface area contributed by atoms with E-state index in [4.69, 9.17) is 4.74 Å². The van der Waals surface area contributed by atoms with Gasteiger partial charge in [0.1, 0.15) is 0 Å². The molecule has 0 saturated heterocycles. The van der Waals surface area contributed by atoms with Crippen LogP contribution in [0.15, 0.2) is 30.3 Å². The highest BCUT2D eigenvalue weighted by molar-refractivity contribution is 5.93. The zero-order valence-corrected chi connectivity index (χ0v) is 14.7. The van der Waals surface area contributed by atoms with Crippen molar-refractivity contribution in [2.24, 2.45) is 0 Å². The summed E-state index contributed by atoms with van der Waals surface area (Å²) in [4.78, 5) is 12.5. The number of nitrogens with zero attached hydrogens (tertiary/aromatic N) is 1. The van der Waals surface area contributed by atoms with Crippen LogP contribution < -0.4 is 0 Å². The van der Waals surface area contributed by atoms with E-state index in [0.717, 1.165) is 41.0 Å². The van der Waals surface area contributed by atoms with Crippen LogP contribution in [0.3, 0.4) is 0 Å². The number of unbranched alkanes of at least 4 members (excludes halogenated alkanes) is 2. The highest BCUT2D eigenvalue weighted by Crippen LogP contribution is 2.28. The van der Waals surface area contributed by atoms with Gasteiger partial charge in [0.05, 0.1) is 12.2 Å². The summed E-state index contributed by atoms with van der Waals surface area (Å²) in [7, 11) is 0. The molecule has 23 heavy (non-hydrogen) atoms. The number of carbonyl (C=O) groups is 1. The number of hydrogen-bond donors (Lipinski definition) is 0. The second-order valence-electron chi connectivity index (χ2n) is 5.88. The molecule has 1 aromatic heterocycles. The van der Waals surface area contributed by atoms with Gasteiger partial charge in [0.2, 0.25) is 0 Å². The third kappa shape index (κ3) is 3.66. The molecular weight excluding hydrogens is 286 g/mol. The topological polar surface area (TPSA) is 31.2 Å². The Morgan fingerprint density at radius 3 is 2.39 bits per heavy atom. The molecule has 1 heterocycles. The Hall–Kier alpha value is -2.03. The van der Waals surface area contributed by atoms with Gasteiger partial charge in [-0.15, -0.1) is 0 Å². The predicted octanol–water partition coefficient (Wildman–Crippen LogP) is 5.00. The molecule has 0 amide bonds. The molecule has 0 saturated carbocycles. The minimum Gasteiger partial charge on any atom is -0.462 e. The fourth-order valence-corrected chi connectivity index (χ4v) is 3.06. The molecule has 2 aromatic rings. The summed E-state index contributed by atoms with van der Waals surface area (Å²) in [6.07, 6.45) is 4.31. The molecule has 124 valence electrons. The maximum atomic E-state index is 12.5. The van der Waals surface area contributed by atoms with Crippen molar-refractivity contribution in [2.75, 3.05) is 6.61 Å². The average Bonchev–Trinajstić information content (AvgIpc) is 2.80. The SMILES string of the molecule is CCCCCc1c(C(=O)OCC)c(C)c(C)n1-c1ccccc1. The zero-order chi connectivity index (χ0) is 16.8. The van der Waals surface area contributed by atoms with Gasteiger partial charge in [0.25, 0.3) is 0 Å². The van der Waals surface area contributed by atoms with E-state index >= 15 is 0 Å². The molecule has 0 fully saturated rings. The van der Waals surface area contributed by atoms with Crippen LogP contribution in [0.5, 0.6) is 0 Å². The summed E-state index contributed by atoms with van der Waals surface area (Å²) < 4.78 is 7.53. The first-order valence-electron chi connectivity index (χ1n) is 8.55. The van der Waals surface area contributed by atoms with E-state index in [1.54, 1.807) is 0 Å². The average molecular weight is 313 g/mol. The van der Waals surface area contributed by atoms with E-state index in [1.807, 2.05) is 32.0 Å². The predicted molar refractivity (Wildman–Crippen MR) is 94.4 cm³/mol. The normalized spacial score (nSPS) is 10.8. The standard InChI is InChI=1S/C20H27NO2/c1-5-7-9-14-18-19(20(22)23-6-2)15(3)16(4)21(18)17-12-10-8-11-13-17/h8,10-13H,5-7,9,14H2,1-4H3. The zero-order valence-electron chi connectivity index (χ0n) is 14.7. The van der Waals surface area contributed by atoms with Crippen LogP contribution in [0.4, 0.5) is 0 Å². The number of esters is 1. The lowest BCUT2D eigenvalue weighted by Crippen LogP contribution is -2.10. The van der Waals surface area contributed by atoms with Crippen molar-refractivity contribution >= 4 is 5.97 Å². The lowest BCUT2D eigenvalue weighted by atomic mass is 10.1. The third-order valence-electron chi connectivity index (χ3n) is 4.32. The Morgan fingerprint density at radius 2 is 1.78 bits per heavy atom. The summed E-state index contributed by atoms with van der Waals surface area (Å²) >= 11 is 0. The molecule has 3 nitrogen and oxygen atoms in total. The van der Waals surface area contributed by atoms with Gasteiger partial charge in [-0.1, -0.05) is 38.0 Å². The van der Waals surface area contributed by atoms with Crippen molar-refractivity contribution in [3.8, 4) is 5.69 Å². The van der Waals surface area contributed by atoms with Crippen LogP contribution in [0.1, 0.15) is 60.4 Å². The lowest BCUT2D eigenvalue weighted by Gasteiger charge is -2.13. The molecule has 0 aliphatic carbocycles. The van der Waals surface area contributed by atoms with Gasteiger partial charge >= 0.3 is 5.97 Å². The molecule has 0 aliphatic heterocycles. The van der Waals surface area contributed by atoms with Crippen molar-refractivity contribution in [1.82, 2.24) is 4.57 Å². The van der Waals surface area contributed by atoms with Gasteiger partial charge in [0.15, 0.2) is 0 Å². The van der Waals surface area contributed by atoms with E-state index in [-0.39, 0.29) is 5.97 Å². The monoisotopic (exact) mass is 313 g/mol. The van der Waals surface area contributed by atoms with Crippen LogP contribution in [-0.2, 0) is 11.2 Å². The van der Waals surface area contributed by atoms with Crippen molar-refractivity contribution in [3.05, 3.63) is 52.8 Å². The van der Waals surface area contributed by atoms with Gasteiger partial charge in [-0.05, 0) is 51.3 Å². The van der Waals surface area contributed by atoms with Crippen molar-refractivity contribution in [1.29, 1.82) is 0 Å². The molecule has 2 rings (SSSR count). The van der Waals surface area contributed by atoms with Crippen molar-refractivity contribution < 1.29 is 9.53 Å². The van der Waals surface area contributed by atoms with E-state index in [1.165, 1.54) is 12.8 Å². The number of carbonyl (C=O) groups excluding carboxylic acids is 1. The fraction of sp³-hybridized carbons (Fsp3) is 0.450. The van der Waals surface area contributed by atoms with E-state index in [9.17, 15) is 4.79 Å². The third-order valence-corrected chi connectivity index (χ3v) is 4.32. The van der Waals surface area contributed by atoms with Gasteiger partial charge < -0.3 is 9.30 Å². The minimum absolute atomic E-state index is 0.200. The highest BCUT2D eigenvalue weighted by atomic mass is 16.5. The second kappa shape index (κ2) is 8.00. The molecular formula is C20H27NO2. The first-order chi connectivity index (χ1) is 11.1. The summed E-state index contributed by atoms with van der Waals surface area (Å²) in [5, 5.41) is 0. The molecule has 0 aliphatic rings. The van der Waals surface area contributed by atoms with Crippen LogP contribution in [0.2, 0.25) is 0 Å². The summed E-state index contributed by atoms with van der Waals surface area (Å²) in [6.45, 7) is 8.55. The molecule has 0 bridgehead atoms. The Morgan fingerprint density at radius 1 is 1.09 bits per heavy atom. The number of benzene rings is 1. The van der Waals surface area contributed by atoms with Crippen LogP contribution in [-0.4, -0.2) is 17.1 Å². The van der Waals surface area contributed by atoms with Crippen LogP contribution in [0.25, 0.3) is 5.69 Å². The maximum Gasteiger partial charge on any atom is 0.340 e. The molecule has 0 atom stereocenters. The molecule has 0 radical (unpaired) electrons. The second-order valence-corrected chi connectivity index (χ2v) is 5.88. The quantitative estimate of drug-likeness (QED) is 0.532. The maximum absolute atomic E-state index is 12.5. The largest absolute Gasteiger partial charge is 0.462 e. The molecule has 0 spiro atoms. The number of rotatable bonds is 7. The summed E-state index contributed by atoms with van der Waals surface area (Å²) in [5.74, 6) is -0.200. The molecule has 0 N–H and O–H groups in total. The van der Waals surface area contributed by atoms with Gasteiger partial charge in [-0.2, -0.15) is 0 Å². The Bertz CT molecular complexity index is 656. The lowest BCUT2D eigenvalue weighted by molar-refractivity contribution is 0.0524. The minimum atomic E-state index is -0.200. The first-order valence-corrected chi connectivity index (χ1v) is 8.55.